The molecule has 0 bridgehead atoms. The third-order valence-corrected chi connectivity index (χ3v) is 2.89. The van der Waals surface area contributed by atoms with Crippen LogP contribution in [0.2, 0.25) is 0 Å². The molecule has 0 aliphatic rings. The van der Waals surface area contributed by atoms with E-state index < -0.39 is 0 Å². The van der Waals surface area contributed by atoms with Crippen molar-refractivity contribution in [3.8, 4) is 0 Å². The summed E-state index contributed by atoms with van der Waals surface area (Å²) in [4.78, 5) is 0. The molecule has 0 atom stereocenters. The van der Waals surface area contributed by atoms with E-state index in [2.05, 4.69) is 54.2 Å². The van der Waals surface area contributed by atoms with Gasteiger partial charge in [0.25, 0.3) is 0 Å². The Kier molecular flexibility index (Phi) is 3.62. The van der Waals surface area contributed by atoms with Crippen molar-refractivity contribution >= 4 is 10.9 Å². The molecule has 0 unspecified atom stereocenters. The largest absolute Gasteiger partial charge is 0.346 e. The second kappa shape index (κ2) is 5.17. The molecule has 1 aromatic heterocycles. The van der Waals surface area contributed by atoms with Crippen LogP contribution in [0.15, 0.2) is 30.5 Å². The number of hydrogen-bond donors (Lipinski definition) is 1. The predicted molar refractivity (Wildman–Crippen MR) is 69.8 cm³/mol. The smallest absolute Gasteiger partial charge is 0.0483 e. The average Bonchev–Trinajstić information content (AvgIpc) is 2.67. The zero-order valence-corrected chi connectivity index (χ0v) is 10.2. The van der Waals surface area contributed by atoms with Gasteiger partial charge in [0.1, 0.15) is 0 Å². The summed E-state index contributed by atoms with van der Waals surface area (Å²) in [5, 5.41) is 4.77. The molecule has 0 aliphatic carbocycles. The average molecular weight is 216 g/mol. The van der Waals surface area contributed by atoms with Crippen molar-refractivity contribution in [3.05, 3.63) is 36.0 Å². The van der Waals surface area contributed by atoms with Gasteiger partial charge in [-0.3, -0.25) is 0 Å². The van der Waals surface area contributed by atoms with Crippen molar-refractivity contribution in [1.29, 1.82) is 0 Å². The predicted octanol–water partition coefficient (Wildman–Crippen LogP) is 2.95. The summed E-state index contributed by atoms with van der Waals surface area (Å²) < 4.78 is 2.32. The summed E-state index contributed by atoms with van der Waals surface area (Å²) in [6.07, 6.45) is 3.38. The number of aryl methyl sites for hydroxylation is 1. The summed E-state index contributed by atoms with van der Waals surface area (Å²) in [6, 6.07) is 8.81. The number of nitrogens with one attached hydrogen (secondary N) is 1. The SMILES string of the molecule is CCCNCCn1ccc2ccc(C)cc21. The lowest BCUT2D eigenvalue weighted by Gasteiger charge is -2.06. The van der Waals surface area contributed by atoms with Gasteiger partial charge in [-0.1, -0.05) is 19.1 Å². The second-order valence-electron chi connectivity index (χ2n) is 4.32. The summed E-state index contributed by atoms with van der Waals surface area (Å²) in [5.41, 5.74) is 2.67. The van der Waals surface area contributed by atoms with Crippen molar-refractivity contribution < 1.29 is 0 Å². The number of rotatable bonds is 5. The molecule has 16 heavy (non-hydrogen) atoms. The first-order chi connectivity index (χ1) is 7.81. The number of nitrogens with zero attached hydrogens (tertiary/aromatic N) is 1. The molecule has 0 fully saturated rings. The van der Waals surface area contributed by atoms with Crippen molar-refractivity contribution in [2.75, 3.05) is 13.1 Å². The van der Waals surface area contributed by atoms with Gasteiger partial charge in [-0.2, -0.15) is 0 Å². The number of hydrogen-bond acceptors (Lipinski definition) is 1. The summed E-state index contributed by atoms with van der Waals surface area (Å²) in [5.74, 6) is 0. The van der Waals surface area contributed by atoms with Gasteiger partial charge in [-0.25, -0.2) is 0 Å². The first-order valence-electron chi connectivity index (χ1n) is 6.07. The van der Waals surface area contributed by atoms with Crippen LogP contribution in [0.1, 0.15) is 18.9 Å². The van der Waals surface area contributed by atoms with Crippen molar-refractivity contribution in [3.63, 3.8) is 0 Å². The van der Waals surface area contributed by atoms with Crippen LogP contribution >= 0.6 is 0 Å². The molecule has 0 spiro atoms. The van der Waals surface area contributed by atoms with E-state index >= 15 is 0 Å². The molecule has 1 aromatic carbocycles. The molecule has 0 amide bonds. The van der Waals surface area contributed by atoms with Gasteiger partial charge in [0.2, 0.25) is 0 Å². The molecule has 2 aromatic rings. The van der Waals surface area contributed by atoms with Crippen LogP contribution in [-0.4, -0.2) is 17.7 Å². The normalized spacial score (nSPS) is 11.1. The van der Waals surface area contributed by atoms with Crippen LogP contribution in [-0.2, 0) is 6.54 Å². The Morgan fingerprint density at radius 1 is 1.19 bits per heavy atom. The van der Waals surface area contributed by atoms with Gasteiger partial charge in [0.15, 0.2) is 0 Å². The van der Waals surface area contributed by atoms with Crippen LogP contribution in [0.25, 0.3) is 10.9 Å². The van der Waals surface area contributed by atoms with E-state index in [1.807, 2.05) is 0 Å². The van der Waals surface area contributed by atoms with E-state index in [-0.39, 0.29) is 0 Å². The highest BCUT2D eigenvalue weighted by Gasteiger charge is 2.00. The maximum Gasteiger partial charge on any atom is 0.0483 e. The Bertz CT molecular complexity index is 457. The van der Waals surface area contributed by atoms with E-state index in [4.69, 9.17) is 0 Å². The molecular formula is C14H20N2. The maximum absolute atomic E-state index is 3.43. The van der Waals surface area contributed by atoms with Gasteiger partial charge in [0, 0.05) is 24.8 Å². The van der Waals surface area contributed by atoms with Gasteiger partial charge >= 0.3 is 0 Å². The minimum atomic E-state index is 1.05. The molecule has 1 heterocycles. The van der Waals surface area contributed by atoms with Crippen LogP contribution in [0.3, 0.4) is 0 Å². The van der Waals surface area contributed by atoms with Gasteiger partial charge < -0.3 is 9.88 Å². The summed E-state index contributed by atoms with van der Waals surface area (Å²) in [7, 11) is 0. The molecule has 86 valence electrons. The van der Waals surface area contributed by atoms with E-state index in [1.54, 1.807) is 0 Å². The third kappa shape index (κ3) is 2.45. The minimum absolute atomic E-state index is 1.05. The number of benzene rings is 1. The number of fused-ring (bicyclic) bond motifs is 1. The van der Waals surface area contributed by atoms with Gasteiger partial charge in [0.05, 0.1) is 0 Å². The monoisotopic (exact) mass is 216 g/mol. The topological polar surface area (TPSA) is 17.0 Å². The van der Waals surface area contributed by atoms with Crippen molar-refractivity contribution in [2.45, 2.75) is 26.8 Å². The van der Waals surface area contributed by atoms with Crippen LogP contribution in [0.5, 0.6) is 0 Å². The Morgan fingerprint density at radius 3 is 2.88 bits per heavy atom. The maximum atomic E-state index is 3.43. The lowest BCUT2D eigenvalue weighted by molar-refractivity contribution is 0.604. The molecule has 2 heteroatoms. The molecule has 0 saturated carbocycles. The fourth-order valence-corrected chi connectivity index (χ4v) is 1.99. The second-order valence-corrected chi connectivity index (χ2v) is 4.32. The van der Waals surface area contributed by atoms with Crippen LogP contribution in [0, 0.1) is 6.92 Å². The highest BCUT2D eigenvalue weighted by molar-refractivity contribution is 5.80. The highest BCUT2D eigenvalue weighted by atomic mass is 15.0. The van der Waals surface area contributed by atoms with Gasteiger partial charge in [-0.15, -0.1) is 0 Å². The fraction of sp³-hybridized carbons (Fsp3) is 0.429. The van der Waals surface area contributed by atoms with E-state index in [9.17, 15) is 0 Å². The Balaban J connectivity index is 2.09. The molecule has 0 saturated heterocycles. The first kappa shape index (κ1) is 11.2. The fourth-order valence-electron chi connectivity index (χ4n) is 1.99. The lowest BCUT2D eigenvalue weighted by Crippen LogP contribution is -2.20. The lowest BCUT2D eigenvalue weighted by atomic mass is 10.2. The van der Waals surface area contributed by atoms with E-state index in [0.29, 0.717) is 0 Å². The third-order valence-electron chi connectivity index (χ3n) is 2.89. The van der Waals surface area contributed by atoms with Crippen molar-refractivity contribution in [1.82, 2.24) is 9.88 Å². The standard InChI is InChI=1S/C14H20N2/c1-3-7-15-8-10-16-9-6-13-5-4-12(2)11-14(13)16/h4-6,9,11,15H,3,7-8,10H2,1-2H3. The minimum Gasteiger partial charge on any atom is -0.346 e. The van der Waals surface area contributed by atoms with Crippen molar-refractivity contribution in [2.24, 2.45) is 0 Å². The van der Waals surface area contributed by atoms with Crippen LogP contribution < -0.4 is 5.32 Å². The number of aromatic nitrogens is 1. The molecule has 1 N–H and O–H groups in total. The zero-order valence-electron chi connectivity index (χ0n) is 10.2. The molecule has 0 aliphatic heterocycles. The molecular weight excluding hydrogens is 196 g/mol. The van der Waals surface area contributed by atoms with E-state index in [0.717, 1.165) is 19.6 Å². The zero-order chi connectivity index (χ0) is 11.4. The molecule has 2 rings (SSSR count). The van der Waals surface area contributed by atoms with Gasteiger partial charge in [-0.05, 0) is 43.0 Å². The highest BCUT2D eigenvalue weighted by Crippen LogP contribution is 2.16. The van der Waals surface area contributed by atoms with E-state index in [1.165, 1.54) is 22.9 Å². The Morgan fingerprint density at radius 2 is 2.06 bits per heavy atom. The molecule has 2 nitrogen and oxygen atoms in total. The van der Waals surface area contributed by atoms with Crippen LogP contribution in [0.4, 0.5) is 0 Å². The first-order valence-corrected chi connectivity index (χ1v) is 6.07. The molecule has 0 radical (unpaired) electrons. The Labute approximate surface area is 97.3 Å². The quantitative estimate of drug-likeness (QED) is 0.760. The summed E-state index contributed by atoms with van der Waals surface area (Å²) >= 11 is 0. The summed E-state index contributed by atoms with van der Waals surface area (Å²) in [6.45, 7) is 7.55. The Hall–Kier alpha value is -1.28.